The van der Waals surface area contributed by atoms with Crippen LogP contribution in [-0.4, -0.2) is 43.8 Å². The minimum absolute atomic E-state index is 0.184. The number of cyclic esters (lactones) is 1. The number of carbonyl (C=O) groups is 1. The van der Waals surface area contributed by atoms with Crippen molar-refractivity contribution in [3.05, 3.63) is 29.8 Å². The van der Waals surface area contributed by atoms with E-state index in [2.05, 4.69) is 5.32 Å². The molecule has 5 heteroatoms. The van der Waals surface area contributed by atoms with E-state index in [1.54, 1.807) is 7.11 Å². The van der Waals surface area contributed by atoms with Gasteiger partial charge in [0.15, 0.2) is 0 Å². The van der Waals surface area contributed by atoms with Crippen LogP contribution in [0.4, 0.5) is 4.79 Å². The molecular formula is C15H20N2O3. The van der Waals surface area contributed by atoms with Gasteiger partial charge in [0, 0.05) is 13.1 Å². The van der Waals surface area contributed by atoms with Gasteiger partial charge < -0.3 is 14.8 Å². The molecule has 108 valence electrons. The molecule has 1 amide bonds. The van der Waals surface area contributed by atoms with Crippen molar-refractivity contribution in [3.8, 4) is 5.75 Å². The van der Waals surface area contributed by atoms with Crippen LogP contribution < -0.4 is 10.1 Å². The molecule has 1 N–H and O–H groups in total. The number of methoxy groups -OCH3 is 1. The van der Waals surface area contributed by atoms with E-state index < -0.39 is 0 Å². The standard InChI is InChI=1S/C15H20N2O3/c1-19-13-4-2-3-11(7-13)9-17-14(10-20-15(17)18)12-5-6-16-8-12/h2-4,7,12,14,16H,5-6,8-10H2,1H3. The van der Waals surface area contributed by atoms with Gasteiger partial charge >= 0.3 is 6.09 Å². The lowest BCUT2D eigenvalue weighted by molar-refractivity contribution is 0.154. The molecule has 2 aliphatic heterocycles. The lowest BCUT2D eigenvalue weighted by Crippen LogP contribution is -2.39. The zero-order chi connectivity index (χ0) is 13.9. The van der Waals surface area contributed by atoms with Gasteiger partial charge in [-0.15, -0.1) is 0 Å². The summed E-state index contributed by atoms with van der Waals surface area (Å²) < 4.78 is 10.5. The van der Waals surface area contributed by atoms with E-state index in [0.29, 0.717) is 19.1 Å². The number of hydrogen-bond donors (Lipinski definition) is 1. The van der Waals surface area contributed by atoms with Gasteiger partial charge in [0.25, 0.3) is 0 Å². The van der Waals surface area contributed by atoms with E-state index in [9.17, 15) is 4.79 Å². The van der Waals surface area contributed by atoms with Gasteiger partial charge in [-0.05, 0) is 36.6 Å². The molecule has 0 radical (unpaired) electrons. The lowest BCUT2D eigenvalue weighted by atomic mass is 9.98. The highest BCUT2D eigenvalue weighted by Crippen LogP contribution is 2.26. The van der Waals surface area contributed by atoms with Gasteiger partial charge in [-0.1, -0.05) is 12.1 Å². The van der Waals surface area contributed by atoms with Crippen LogP contribution in [0.2, 0.25) is 0 Å². The maximum Gasteiger partial charge on any atom is 0.410 e. The molecule has 2 unspecified atom stereocenters. The molecule has 2 aliphatic rings. The lowest BCUT2D eigenvalue weighted by Gasteiger charge is -2.26. The summed E-state index contributed by atoms with van der Waals surface area (Å²) in [6, 6.07) is 8.02. The summed E-state index contributed by atoms with van der Waals surface area (Å²) in [6.07, 6.45) is 0.903. The third-order valence-corrected chi connectivity index (χ3v) is 4.14. The minimum atomic E-state index is -0.204. The van der Waals surface area contributed by atoms with Gasteiger partial charge in [0.05, 0.1) is 13.2 Å². The van der Waals surface area contributed by atoms with Crippen molar-refractivity contribution >= 4 is 6.09 Å². The first kappa shape index (κ1) is 13.2. The first-order chi connectivity index (χ1) is 9.78. The third kappa shape index (κ3) is 2.58. The van der Waals surface area contributed by atoms with Crippen LogP contribution in [0.3, 0.4) is 0 Å². The third-order valence-electron chi connectivity index (χ3n) is 4.14. The normalized spacial score (nSPS) is 25.9. The summed E-state index contributed by atoms with van der Waals surface area (Å²) in [4.78, 5) is 13.8. The monoisotopic (exact) mass is 276 g/mol. The Balaban J connectivity index is 1.74. The average Bonchev–Trinajstić information content (AvgIpc) is 3.10. The zero-order valence-electron chi connectivity index (χ0n) is 11.7. The van der Waals surface area contributed by atoms with Gasteiger partial charge in [-0.25, -0.2) is 4.79 Å². The Labute approximate surface area is 118 Å². The fourth-order valence-corrected chi connectivity index (χ4v) is 3.01. The summed E-state index contributed by atoms with van der Waals surface area (Å²) in [5.41, 5.74) is 1.07. The largest absolute Gasteiger partial charge is 0.497 e. The molecule has 0 saturated carbocycles. The van der Waals surface area contributed by atoms with Crippen LogP contribution >= 0.6 is 0 Å². The second-order valence-electron chi connectivity index (χ2n) is 5.38. The first-order valence-electron chi connectivity index (χ1n) is 7.05. The molecule has 3 rings (SSSR count). The summed E-state index contributed by atoms with van der Waals surface area (Å²) >= 11 is 0. The second-order valence-corrected chi connectivity index (χ2v) is 5.38. The number of hydrogen-bond acceptors (Lipinski definition) is 4. The molecule has 0 spiro atoms. The predicted molar refractivity (Wildman–Crippen MR) is 74.6 cm³/mol. The van der Waals surface area contributed by atoms with Crippen LogP contribution in [0, 0.1) is 5.92 Å². The molecule has 2 saturated heterocycles. The average molecular weight is 276 g/mol. The van der Waals surface area contributed by atoms with Gasteiger partial charge in [0.2, 0.25) is 0 Å². The van der Waals surface area contributed by atoms with Gasteiger partial charge in [0.1, 0.15) is 12.4 Å². The number of nitrogens with zero attached hydrogens (tertiary/aromatic N) is 1. The Morgan fingerprint density at radius 3 is 3.15 bits per heavy atom. The number of amides is 1. The van der Waals surface area contributed by atoms with E-state index in [-0.39, 0.29) is 12.1 Å². The Morgan fingerprint density at radius 2 is 2.40 bits per heavy atom. The first-order valence-corrected chi connectivity index (χ1v) is 7.05. The molecule has 1 aromatic rings. The number of ether oxygens (including phenoxy) is 2. The van der Waals surface area contributed by atoms with Gasteiger partial charge in [-0.3, -0.25) is 4.90 Å². The number of rotatable bonds is 4. The highest BCUT2D eigenvalue weighted by Gasteiger charge is 2.39. The maximum absolute atomic E-state index is 12.0. The minimum Gasteiger partial charge on any atom is -0.497 e. The van der Waals surface area contributed by atoms with Crippen molar-refractivity contribution in [2.45, 2.75) is 19.0 Å². The smallest absolute Gasteiger partial charge is 0.410 e. The highest BCUT2D eigenvalue weighted by atomic mass is 16.6. The van der Waals surface area contributed by atoms with Crippen molar-refractivity contribution in [2.75, 3.05) is 26.8 Å². The Kier molecular flexibility index (Phi) is 3.78. The van der Waals surface area contributed by atoms with Gasteiger partial charge in [-0.2, -0.15) is 0 Å². The molecule has 0 aromatic heterocycles. The Morgan fingerprint density at radius 1 is 1.50 bits per heavy atom. The second kappa shape index (κ2) is 5.71. The molecule has 0 bridgehead atoms. The van der Waals surface area contributed by atoms with Crippen LogP contribution in [0.5, 0.6) is 5.75 Å². The fourth-order valence-electron chi connectivity index (χ4n) is 3.01. The van der Waals surface area contributed by atoms with E-state index in [1.807, 2.05) is 29.2 Å². The van der Waals surface area contributed by atoms with Crippen molar-refractivity contribution in [1.82, 2.24) is 10.2 Å². The highest BCUT2D eigenvalue weighted by molar-refractivity contribution is 5.70. The molecule has 2 atom stereocenters. The van der Waals surface area contributed by atoms with E-state index >= 15 is 0 Å². The van der Waals surface area contributed by atoms with Crippen molar-refractivity contribution in [2.24, 2.45) is 5.92 Å². The molecule has 2 heterocycles. The summed E-state index contributed by atoms with van der Waals surface area (Å²) in [5, 5.41) is 3.35. The van der Waals surface area contributed by atoms with E-state index in [0.717, 1.165) is 30.8 Å². The quantitative estimate of drug-likeness (QED) is 0.908. The number of benzene rings is 1. The molecular weight excluding hydrogens is 256 g/mol. The topological polar surface area (TPSA) is 50.8 Å². The fraction of sp³-hybridized carbons (Fsp3) is 0.533. The predicted octanol–water partition coefficient (Wildman–Crippen LogP) is 1.63. The summed E-state index contributed by atoms with van der Waals surface area (Å²) in [7, 11) is 1.65. The molecule has 20 heavy (non-hydrogen) atoms. The number of carbonyl (C=O) groups excluding carboxylic acids is 1. The van der Waals surface area contributed by atoms with E-state index in [1.165, 1.54) is 0 Å². The SMILES string of the molecule is COc1cccc(CN2C(=O)OCC2C2CCNC2)c1. The van der Waals surface area contributed by atoms with Crippen LogP contribution in [-0.2, 0) is 11.3 Å². The van der Waals surface area contributed by atoms with Crippen molar-refractivity contribution in [1.29, 1.82) is 0 Å². The molecule has 2 fully saturated rings. The van der Waals surface area contributed by atoms with Crippen molar-refractivity contribution in [3.63, 3.8) is 0 Å². The Bertz CT molecular complexity index is 486. The van der Waals surface area contributed by atoms with E-state index in [4.69, 9.17) is 9.47 Å². The summed E-state index contributed by atoms with van der Waals surface area (Å²) in [5.74, 6) is 1.31. The maximum atomic E-state index is 12.0. The van der Waals surface area contributed by atoms with Crippen LogP contribution in [0.15, 0.2) is 24.3 Å². The van der Waals surface area contributed by atoms with Crippen LogP contribution in [0.1, 0.15) is 12.0 Å². The number of nitrogens with one attached hydrogen (secondary N) is 1. The summed E-state index contributed by atoms with van der Waals surface area (Å²) in [6.45, 7) is 3.09. The molecule has 5 nitrogen and oxygen atoms in total. The van der Waals surface area contributed by atoms with Crippen molar-refractivity contribution < 1.29 is 14.3 Å². The zero-order valence-corrected chi connectivity index (χ0v) is 11.7. The molecule has 0 aliphatic carbocycles. The molecule has 1 aromatic carbocycles. The Hall–Kier alpha value is -1.75. The van der Waals surface area contributed by atoms with Crippen LogP contribution in [0.25, 0.3) is 0 Å².